The zero-order valence-corrected chi connectivity index (χ0v) is 20.8. The molecule has 1 aromatic heterocycles. The van der Waals surface area contributed by atoms with Crippen molar-refractivity contribution in [2.24, 2.45) is 0 Å². The Hall–Kier alpha value is -3.65. The van der Waals surface area contributed by atoms with Gasteiger partial charge in [-0.2, -0.15) is 0 Å². The van der Waals surface area contributed by atoms with Crippen LogP contribution >= 0.6 is 11.6 Å². The molecule has 2 heterocycles. The van der Waals surface area contributed by atoms with Crippen LogP contribution in [0.2, 0.25) is 5.02 Å². The predicted octanol–water partition coefficient (Wildman–Crippen LogP) is 4.40. The smallest absolute Gasteiger partial charge is 0.227 e. The van der Waals surface area contributed by atoms with Crippen LogP contribution in [0.5, 0.6) is 28.7 Å². The molecule has 0 bridgehead atoms. The molecule has 184 valence electrons. The summed E-state index contributed by atoms with van der Waals surface area (Å²) in [5, 5.41) is 0.558. The Morgan fingerprint density at radius 3 is 2.31 bits per heavy atom. The molecule has 0 atom stereocenters. The molecule has 0 spiro atoms. The van der Waals surface area contributed by atoms with Crippen molar-refractivity contribution in [3.8, 4) is 40.0 Å². The number of hydrogen-bond acceptors (Lipinski definition) is 7. The summed E-state index contributed by atoms with van der Waals surface area (Å²) in [4.78, 5) is 19.5. The third-order valence-corrected chi connectivity index (χ3v) is 6.00. The SMILES string of the molecule is COc1cc(-c2ccc(Cl)cn2)cc2c1OCCN(C(=O)Cc1cc(OC)c(OC)c(OC)c1)C2. The van der Waals surface area contributed by atoms with Crippen LogP contribution in [-0.2, 0) is 17.8 Å². The van der Waals surface area contributed by atoms with E-state index in [-0.39, 0.29) is 12.3 Å². The van der Waals surface area contributed by atoms with Gasteiger partial charge >= 0.3 is 0 Å². The standard InChI is InChI=1S/C26H27ClN2O6/c1-31-21-9-16(10-22(32-2)26(21)34-4)11-24(30)29-7-8-35-25-18(15-29)12-17(13-23(25)33-3)20-6-5-19(27)14-28-20/h5-6,9-10,12-14H,7-8,11,15H2,1-4H3. The molecule has 1 amide bonds. The number of carbonyl (C=O) groups is 1. The molecular weight excluding hydrogens is 472 g/mol. The second-order valence-corrected chi connectivity index (χ2v) is 8.34. The summed E-state index contributed by atoms with van der Waals surface area (Å²) in [7, 11) is 6.23. The molecule has 35 heavy (non-hydrogen) atoms. The third-order valence-electron chi connectivity index (χ3n) is 5.78. The number of hydrogen-bond donors (Lipinski definition) is 0. The van der Waals surface area contributed by atoms with Crippen molar-refractivity contribution < 1.29 is 28.5 Å². The predicted molar refractivity (Wildman–Crippen MR) is 132 cm³/mol. The molecule has 0 saturated carbocycles. The minimum atomic E-state index is -0.0512. The number of pyridine rings is 1. The Morgan fingerprint density at radius 2 is 1.71 bits per heavy atom. The lowest BCUT2D eigenvalue weighted by atomic mass is 10.0. The first-order valence-electron chi connectivity index (χ1n) is 11.0. The Morgan fingerprint density at radius 1 is 1.00 bits per heavy atom. The lowest BCUT2D eigenvalue weighted by molar-refractivity contribution is -0.131. The van der Waals surface area contributed by atoms with E-state index in [9.17, 15) is 4.79 Å². The van der Waals surface area contributed by atoms with E-state index in [1.807, 2.05) is 18.2 Å². The molecule has 0 aliphatic carbocycles. The van der Waals surface area contributed by atoms with Crippen molar-refractivity contribution >= 4 is 17.5 Å². The van der Waals surface area contributed by atoms with Crippen LogP contribution in [0.25, 0.3) is 11.3 Å². The molecule has 2 aromatic carbocycles. The molecule has 4 rings (SSSR count). The molecule has 0 saturated heterocycles. The van der Waals surface area contributed by atoms with E-state index in [1.165, 1.54) is 0 Å². The van der Waals surface area contributed by atoms with Crippen LogP contribution in [0.4, 0.5) is 0 Å². The molecular formula is C26H27ClN2O6. The second-order valence-electron chi connectivity index (χ2n) is 7.90. The van der Waals surface area contributed by atoms with E-state index in [0.29, 0.717) is 53.5 Å². The van der Waals surface area contributed by atoms with Crippen molar-refractivity contribution in [1.82, 2.24) is 9.88 Å². The van der Waals surface area contributed by atoms with Gasteiger partial charge in [0, 0.05) is 23.9 Å². The van der Waals surface area contributed by atoms with Crippen molar-refractivity contribution in [2.75, 3.05) is 41.6 Å². The van der Waals surface area contributed by atoms with Gasteiger partial charge in [0.1, 0.15) is 6.61 Å². The molecule has 1 aliphatic rings. The number of methoxy groups -OCH3 is 4. The Labute approximate surface area is 209 Å². The van der Waals surface area contributed by atoms with Crippen molar-refractivity contribution in [1.29, 1.82) is 0 Å². The van der Waals surface area contributed by atoms with Crippen LogP contribution < -0.4 is 23.7 Å². The minimum absolute atomic E-state index is 0.0512. The Bertz CT molecular complexity index is 1190. The Kier molecular flexibility index (Phi) is 7.51. The lowest BCUT2D eigenvalue weighted by Crippen LogP contribution is -2.33. The van der Waals surface area contributed by atoms with Gasteiger partial charge < -0.3 is 28.6 Å². The highest BCUT2D eigenvalue weighted by molar-refractivity contribution is 6.30. The number of benzene rings is 2. The van der Waals surface area contributed by atoms with Crippen molar-refractivity contribution in [3.05, 3.63) is 58.7 Å². The maximum absolute atomic E-state index is 13.3. The largest absolute Gasteiger partial charge is 0.493 e. The van der Waals surface area contributed by atoms with E-state index in [1.54, 1.807) is 57.7 Å². The lowest BCUT2D eigenvalue weighted by Gasteiger charge is -2.21. The van der Waals surface area contributed by atoms with Gasteiger partial charge in [-0.3, -0.25) is 9.78 Å². The highest BCUT2D eigenvalue weighted by Gasteiger charge is 2.24. The number of fused-ring (bicyclic) bond motifs is 1. The van der Waals surface area contributed by atoms with Crippen molar-refractivity contribution in [2.45, 2.75) is 13.0 Å². The first-order valence-corrected chi connectivity index (χ1v) is 11.4. The second kappa shape index (κ2) is 10.7. The van der Waals surface area contributed by atoms with Gasteiger partial charge in [-0.05, 0) is 42.0 Å². The van der Waals surface area contributed by atoms with E-state index in [2.05, 4.69) is 4.98 Å². The van der Waals surface area contributed by atoms with Crippen LogP contribution in [0.15, 0.2) is 42.6 Å². The van der Waals surface area contributed by atoms with Gasteiger partial charge in [0.05, 0.1) is 52.1 Å². The molecule has 8 nitrogen and oxygen atoms in total. The highest BCUT2D eigenvalue weighted by Crippen LogP contribution is 2.40. The highest BCUT2D eigenvalue weighted by atomic mass is 35.5. The van der Waals surface area contributed by atoms with Crippen LogP contribution in [-0.4, -0.2) is 57.4 Å². The number of rotatable bonds is 7. The van der Waals surface area contributed by atoms with E-state index < -0.39 is 0 Å². The molecule has 9 heteroatoms. The monoisotopic (exact) mass is 498 g/mol. The molecule has 1 aliphatic heterocycles. The fraction of sp³-hybridized carbons (Fsp3) is 0.308. The van der Waals surface area contributed by atoms with Gasteiger partial charge in [-0.1, -0.05) is 11.6 Å². The summed E-state index contributed by atoms with van der Waals surface area (Å²) >= 11 is 6.00. The van der Waals surface area contributed by atoms with Crippen LogP contribution in [0.3, 0.4) is 0 Å². The maximum atomic E-state index is 13.3. The number of nitrogens with zero attached hydrogens (tertiary/aromatic N) is 2. The Balaban J connectivity index is 1.62. The van der Waals surface area contributed by atoms with Crippen LogP contribution in [0.1, 0.15) is 11.1 Å². The van der Waals surface area contributed by atoms with Gasteiger partial charge in [0.2, 0.25) is 11.7 Å². The van der Waals surface area contributed by atoms with Crippen molar-refractivity contribution in [3.63, 3.8) is 0 Å². The van der Waals surface area contributed by atoms with Gasteiger partial charge in [-0.25, -0.2) is 0 Å². The quantitative estimate of drug-likeness (QED) is 0.477. The average molecular weight is 499 g/mol. The fourth-order valence-electron chi connectivity index (χ4n) is 4.07. The summed E-state index contributed by atoms with van der Waals surface area (Å²) in [5.41, 5.74) is 3.19. The fourth-order valence-corrected chi connectivity index (χ4v) is 4.18. The molecule has 0 fully saturated rings. The van der Waals surface area contributed by atoms with Crippen LogP contribution in [0, 0.1) is 0 Å². The summed E-state index contributed by atoms with van der Waals surface area (Å²) in [6, 6.07) is 11.0. The summed E-state index contributed by atoms with van der Waals surface area (Å²) in [6.45, 7) is 1.16. The molecule has 0 N–H and O–H groups in total. The minimum Gasteiger partial charge on any atom is -0.493 e. The van der Waals surface area contributed by atoms with Gasteiger partial charge in [0.25, 0.3) is 0 Å². The molecule has 0 radical (unpaired) electrons. The summed E-state index contributed by atoms with van der Waals surface area (Å²) in [5.74, 6) is 2.66. The van der Waals surface area contributed by atoms with E-state index >= 15 is 0 Å². The van der Waals surface area contributed by atoms with E-state index in [0.717, 1.165) is 22.4 Å². The zero-order valence-electron chi connectivity index (χ0n) is 20.1. The number of amides is 1. The third kappa shape index (κ3) is 5.22. The number of ether oxygens (including phenoxy) is 5. The first kappa shape index (κ1) is 24.5. The number of carbonyl (C=O) groups excluding carboxylic acids is 1. The number of halogens is 1. The average Bonchev–Trinajstić information content (AvgIpc) is 3.10. The molecule has 3 aromatic rings. The van der Waals surface area contributed by atoms with Gasteiger partial charge in [0.15, 0.2) is 23.0 Å². The summed E-state index contributed by atoms with van der Waals surface area (Å²) in [6.07, 6.45) is 1.76. The zero-order chi connectivity index (χ0) is 24.9. The molecule has 0 unspecified atom stereocenters. The maximum Gasteiger partial charge on any atom is 0.227 e. The van der Waals surface area contributed by atoms with E-state index in [4.69, 9.17) is 35.3 Å². The first-order chi connectivity index (χ1) is 17.0. The number of aromatic nitrogens is 1. The topological polar surface area (TPSA) is 79.4 Å². The normalized spacial score (nSPS) is 12.8. The van der Waals surface area contributed by atoms with Gasteiger partial charge in [-0.15, -0.1) is 0 Å². The summed E-state index contributed by atoms with van der Waals surface area (Å²) < 4.78 is 27.8.